The van der Waals surface area contributed by atoms with Crippen LogP contribution >= 0.6 is 0 Å². The molecule has 5 aromatic carbocycles. The molecule has 7 rings (SSSR count). The fourth-order valence-corrected chi connectivity index (χ4v) is 7.01. The smallest absolute Gasteiger partial charge is 0.255 e. The zero-order chi connectivity index (χ0) is 44.9. The van der Waals surface area contributed by atoms with E-state index >= 15 is 0 Å². The highest BCUT2D eigenvalue weighted by Crippen LogP contribution is 2.20. The molecule has 0 atom stereocenters. The molecule has 322 valence electrons. The number of nitrogens with zero attached hydrogens (tertiary/aromatic N) is 2. The lowest BCUT2D eigenvalue weighted by atomic mass is 10.1. The summed E-state index contributed by atoms with van der Waals surface area (Å²) in [6.07, 6.45) is 4.02. The van der Waals surface area contributed by atoms with Gasteiger partial charge in [-0.05, 0) is 98.8 Å². The van der Waals surface area contributed by atoms with Crippen molar-refractivity contribution in [1.82, 2.24) is 0 Å². The van der Waals surface area contributed by atoms with Gasteiger partial charge in [0.2, 0.25) is 11.0 Å². The Kier molecular flexibility index (Phi) is 16.1. The standard InChI is InChI=1S/C32H30N4O4.2C7H8O3S/c1-39-19-17-35-15-3-5-25-21-27(11-13-29(25)35)33-31(37)23-7-9-24(10-8-23)32(38)34-28-12-14-30-26(22-28)6-4-16-36(30)18-20-40-2;2*1-6-2-4-7(5-3-6)11(8,9)10/h3-16,21-22H,17-20H2,1-2H3;2*2-5H,1H3,(H,8,9,10). The highest BCUT2D eigenvalue weighted by atomic mass is 32.2. The van der Waals surface area contributed by atoms with Gasteiger partial charge in [0, 0.05) is 71.8 Å². The number of benzene rings is 5. The molecule has 0 aliphatic rings. The van der Waals surface area contributed by atoms with Crippen molar-refractivity contribution in [2.75, 3.05) is 38.1 Å². The van der Waals surface area contributed by atoms with Gasteiger partial charge in [-0.1, -0.05) is 35.4 Å². The van der Waals surface area contributed by atoms with Crippen LogP contribution in [0.5, 0.6) is 0 Å². The van der Waals surface area contributed by atoms with Crippen LogP contribution in [0.4, 0.5) is 11.4 Å². The second-order valence-corrected chi connectivity index (χ2v) is 16.7. The molecular formula is C46H46N4O10S2. The van der Waals surface area contributed by atoms with Crippen molar-refractivity contribution in [1.29, 1.82) is 0 Å². The van der Waals surface area contributed by atoms with Gasteiger partial charge in [-0.3, -0.25) is 9.59 Å². The molecule has 62 heavy (non-hydrogen) atoms. The van der Waals surface area contributed by atoms with E-state index in [0.29, 0.717) is 35.7 Å². The Hall–Kier alpha value is -6.40. The van der Waals surface area contributed by atoms with Gasteiger partial charge in [0.1, 0.15) is 33.5 Å². The fourth-order valence-electron chi connectivity index (χ4n) is 6.08. The van der Waals surface area contributed by atoms with Crippen LogP contribution in [0.15, 0.2) is 156 Å². The maximum Gasteiger partial charge on any atom is 0.255 e. The molecule has 0 fully saturated rings. The number of anilines is 2. The minimum Gasteiger partial charge on any atom is -0.744 e. The lowest BCUT2D eigenvalue weighted by Gasteiger charge is -2.09. The number of carbonyl (C=O) groups excluding carboxylic acids is 2. The molecule has 2 N–H and O–H groups in total. The normalized spacial score (nSPS) is 11.2. The van der Waals surface area contributed by atoms with E-state index < -0.39 is 20.2 Å². The maximum absolute atomic E-state index is 12.9. The van der Waals surface area contributed by atoms with E-state index in [4.69, 9.17) is 9.47 Å². The van der Waals surface area contributed by atoms with E-state index in [2.05, 4.69) is 19.8 Å². The summed E-state index contributed by atoms with van der Waals surface area (Å²) in [5.41, 5.74) is 6.30. The first kappa shape index (κ1) is 46.7. The number of pyridine rings is 2. The Morgan fingerprint density at radius 3 is 1.21 bits per heavy atom. The average molecular weight is 879 g/mol. The predicted molar refractivity (Wildman–Crippen MR) is 233 cm³/mol. The lowest BCUT2D eigenvalue weighted by Crippen LogP contribution is -2.36. The Balaban J connectivity index is 0.000000267. The van der Waals surface area contributed by atoms with Crippen LogP contribution in [0.2, 0.25) is 0 Å². The van der Waals surface area contributed by atoms with E-state index in [0.717, 1.165) is 46.0 Å². The quantitative estimate of drug-likeness (QED) is 0.106. The summed E-state index contributed by atoms with van der Waals surface area (Å²) in [4.78, 5) is 25.5. The number of amides is 2. The molecule has 0 saturated carbocycles. The molecule has 0 saturated heterocycles. The van der Waals surface area contributed by atoms with Crippen LogP contribution in [0, 0.1) is 13.8 Å². The summed E-state index contributed by atoms with van der Waals surface area (Å²) in [5, 5.41) is 7.94. The number of hydrogen-bond donors (Lipinski definition) is 2. The highest BCUT2D eigenvalue weighted by Gasteiger charge is 2.14. The van der Waals surface area contributed by atoms with Crippen molar-refractivity contribution in [3.05, 3.63) is 168 Å². The minimum atomic E-state index is -4.27. The monoisotopic (exact) mass is 878 g/mol. The first-order chi connectivity index (χ1) is 29.5. The predicted octanol–water partition coefficient (Wildman–Crippen LogP) is 6.16. The first-order valence-electron chi connectivity index (χ1n) is 19.2. The fraction of sp³-hybridized carbons (Fsp3) is 0.174. The largest absolute Gasteiger partial charge is 0.744 e. The van der Waals surface area contributed by atoms with Crippen molar-refractivity contribution in [3.63, 3.8) is 0 Å². The van der Waals surface area contributed by atoms with Gasteiger partial charge < -0.3 is 29.2 Å². The molecule has 0 unspecified atom stereocenters. The summed E-state index contributed by atoms with van der Waals surface area (Å²) in [6.45, 7) is 6.37. The first-order valence-corrected chi connectivity index (χ1v) is 22.0. The molecule has 2 amide bonds. The SMILES string of the molecule is COCC[n+]1cccc2cc(NC(=O)c3ccc(C(=O)Nc4ccc5c(ccc[n+]5CCOC)c4)cc3)ccc21.Cc1ccc(S(=O)(=O)[O-])cc1.Cc1ccc(S(=O)(=O)[O-])cc1. The molecule has 2 heterocycles. The van der Waals surface area contributed by atoms with Gasteiger partial charge in [-0.2, -0.15) is 9.13 Å². The van der Waals surface area contributed by atoms with E-state index in [1.807, 2.05) is 86.9 Å². The number of ether oxygens (including phenoxy) is 2. The van der Waals surface area contributed by atoms with Crippen molar-refractivity contribution >= 4 is 65.2 Å². The van der Waals surface area contributed by atoms with Gasteiger partial charge in [0.05, 0.1) is 9.79 Å². The molecule has 0 aliphatic carbocycles. The third kappa shape index (κ3) is 13.3. The Bertz CT molecular complexity index is 2680. The molecule has 7 aromatic rings. The van der Waals surface area contributed by atoms with E-state index in [1.165, 1.54) is 24.3 Å². The number of hydrogen-bond acceptors (Lipinski definition) is 10. The molecule has 14 nitrogen and oxygen atoms in total. The minimum absolute atomic E-state index is 0.178. The number of aryl methyl sites for hydroxylation is 2. The highest BCUT2D eigenvalue weighted by molar-refractivity contribution is 7.86. The summed E-state index contributed by atoms with van der Waals surface area (Å²) in [6, 6.07) is 37.8. The van der Waals surface area contributed by atoms with Crippen molar-refractivity contribution in [3.8, 4) is 0 Å². The van der Waals surface area contributed by atoms with Crippen LogP contribution in [0.25, 0.3) is 21.8 Å². The van der Waals surface area contributed by atoms with Crippen molar-refractivity contribution in [2.24, 2.45) is 0 Å². The lowest BCUT2D eigenvalue weighted by molar-refractivity contribution is -0.673. The molecule has 0 bridgehead atoms. The van der Waals surface area contributed by atoms with Crippen LogP contribution in [0.3, 0.4) is 0 Å². The van der Waals surface area contributed by atoms with Gasteiger partial charge in [-0.25, -0.2) is 16.8 Å². The number of fused-ring (bicyclic) bond motifs is 2. The van der Waals surface area contributed by atoms with Gasteiger partial charge in [0.15, 0.2) is 25.5 Å². The maximum atomic E-state index is 12.9. The molecule has 0 spiro atoms. The van der Waals surface area contributed by atoms with Gasteiger partial charge in [-0.15, -0.1) is 0 Å². The van der Waals surface area contributed by atoms with E-state index in [1.54, 1.807) is 62.8 Å². The topological polar surface area (TPSA) is 199 Å². The second-order valence-electron chi connectivity index (χ2n) is 14.0. The summed E-state index contributed by atoms with van der Waals surface area (Å²) in [7, 11) is -5.17. The number of rotatable bonds is 12. The molecule has 16 heteroatoms. The molecule has 0 aliphatic heterocycles. The Morgan fingerprint density at radius 2 is 0.887 bits per heavy atom. The third-order valence-corrected chi connectivity index (χ3v) is 11.1. The zero-order valence-corrected chi connectivity index (χ0v) is 36.1. The summed E-state index contributed by atoms with van der Waals surface area (Å²) >= 11 is 0. The molecule has 2 aromatic heterocycles. The summed E-state index contributed by atoms with van der Waals surface area (Å²) in [5.74, 6) is -0.489. The Labute approximate surface area is 360 Å². The zero-order valence-electron chi connectivity index (χ0n) is 34.5. The van der Waals surface area contributed by atoms with E-state index in [-0.39, 0.29) is 21.6 Å². The Morgan fingerprint density at radius 1 is 0.532 bits per heavy atom. The van der Waals surface area contributed by atoms with Crippen LogP contribution in [-0.2, 0) is 42.8 Å². The van der Waals surface area contributed by atoms with Crippen LogP contribution in [-0.4, -0.2) is 65.2 Å². The van der Waals surface area contributed by atoms with Crippen LogP contribution in [0.1, 0.15) is 31.8 Å². The summed E-state index contributed by atoms with van der Waals surface area (Å²) < 4.78 is 77.0. The van der Waals surface area contributed by atoms with Crippen LogP contribution < -0.4 is 19.8 Å². The number of aromatic nitrogens is 2. The second kappa shape index (κ2) is 21.4. The van der Waals surface area contributed by atoms with Gasteiger partial charge in [0.25, 0.3) is 11.8 Å². The third-order valence-electron chi connectivity index (χ3n) is 9.37. The van der Waals surface area contributed by atoms with E-state index in [9.17, 15) is 35.5 Å². The number of methoxy groups -OCH3 is 2. The molecule has 0 radical (unpaired) electrons. The molecular weight excluding hydrogens is 833 g/mol. The number of nitrogens with one attached hydrogen (secondary N) is 2. The average Bonchev–Trinajstić information content (AvgIpc) is 3.25. The van der Waals surface area contributed by atoms with Gasteiger partial charge >= 0.3 is 0 Å². The number of carbonyl (C=O) groups is 2. The van der Waals surface area contributed by atoms with Crippen molar-refractivity contribution < 1.29 is 54.1 Å². The van der Waals surface area contributed by atoms with Crippen molar-refractivity contribution in [2.45, 2.75) is 36.7 Å².